The van der Waals surface area contributed by atoms with E-state index in [0.29, 0.717) is 0 Å². The van der Waals surface area contributed by atoms with Crippen molar-refractivity contribution >= 4 is 0 Å². The topological polar surface area (TPSA) is 12.7 Å². The molecule has 8 atom stereocenters. The average molecular weight is 649 g/mol. The van der Waals surface area contributed by atoms with Gasteiger partial charge in [-0.3, -0.25) is 19.6 Å². The molecule has 48 heavy (non-hydrogen) atoms. The lowest BCUT2D eigenvalue weighted by Crippen LogP contribution is -2.72. The van der Waals surface area contributed by atoms with Crippen molar-refractivity contribution in [1.29, 1.82) is 0 Å². The zero-order valence-corrected chi connectivity index (χ0v) is 30.0. The van der Waals surface area contributed by atoms with Crippen molar-refractivity contribution < 1.29 is 0 Å². The molecule has 4 nitrogen and oxygen atoms in total. The zero-order valence-electron chi connectivity index (χ0n) is 30.0. The normalized spacial score (nSPS) is 37.5. The summed E-state index contributed by atoms with van der Waals surface area (Å²) in [6.07, 6.45) is 28.8. The standard InChI is InChI=1S/C44H64N4/c1-2-5-9-13-38-26-37(12-8-4-1)45(38)29-33-16-18-34(19-17-33)30-46-39-24-25-40-28-44(43(46)27-39)47(40)31-35-20-22-36(23-21-35)32-48-41-14-10-6-3-7-11-15-42(41)48/h16-23,37-44H,1-15,24-32H2. The van der Waals surface area contributed by atoms with Gasteiger partial charge < -0.3 is 0 Å². The van der Waals surface area contributed by atoms with Gasteiger partial charge >= 0.3 is 0 Å². The number of rotatable bonds is 8. The van der Waals surface area contributed by atoms with Crippen LogP contribution in [0.4, 0.5) is 0 Å². The number of benzene rings is 2. The molecule has 4 heteroatoms. The van der Waals surface area contributed by atoms with E-state index in [1.54, 1.807) is 0 Å². The molecule has 7 saturated heterocycles. The summed E-state index contributed by atoms with van der Waals surface area (Å²) >= 11 is 0. The highest BCUT2D eigenvalue weighted by molar-refractivity contribution is 5.26. The minimum Gasteiger partial charge on any atom is -0.293 e. The van der Waals surface area contributed by atoms with Gasteiger partial charge in [-0.15, -0.1) is 0 Å². The van der Waals surface area contributed by atoms with Gasteiger partial charge in [-0.1, -0.05) is 119 Å². The van der Waals surface area contributed by atoms with Crippen LogP contribution >= 0.6 is 0 Å². The Bertz CT molecular complexity index is 1300. The van der Waals surface area contributed by atoms with E-state index in [2.05, 4.69) is 68.1 Å². The van der Waals surface area contributed by atoms with Crippen LogP contribution in [0.2, 0.25) is 0 Å². The first kappa shape index (κ1) is 32.2. The Morgan fingerprint density at radius 3 is 1.08 bits per heavy atom. The first-order chi connectivity index (χ1) is 23.8. The highest BCUT2D eigenvalue weighted by Crippen LogP contribution is 2.47. The second-order valence-corrected chi connectivity index (χ2v) is 17.5. The van der Waals surface area contributed by atoms with Crippen LogP contribution in [0, 0.1) is 0 Å². The van der Waals surface area contributed by atoms with E-state index in [9.17, 15) is 0 Å². The Kier molecular flexibility index (Phi) is 9.72. The van der Waals surface area contributed by atoms with Crippen molar-refractivity contribution in [3.63, 3.8) is 0 Å². The molecule has 260 valence electrons. The third kappa shape index (κ3) is 6.82. The summed E-state index contributed by atoms with van der Waals surface area (Å²) in [5.74, 6) is 0. The first-order valence-corrected chi connectivity index (χ1v) is 21.0. The van der Waals surface area contributed by atoms with Crippen LogP contribution in [0.5, 0.6) is 0 Å². The molecule has 10 rings (SSSR count). The lowest BCUT2D eigenvalue weighted by Gasteiger charge is -2.64. The lowest BCUT2D eigenvalue weighted by molar-refractivity contribution is -0.139. The third-order valence-corrected chi connectivity index (χ3v) is 14.6. The molecule has 7 aliphatic heterocycles. The van der Waals surface area contributed by atoms with E-state index in [0.717, 1.165) is 61.4 Å². The van der Waals surface area contributed by atoms with E-state index < -0.39 is 0 Å². The first-order valence-electron chi connectivity index (χ1n) is 21.0. The molecule has 0 spiro atoms. The van der Waals surface area contributed by atoms with Gasteiger partial charge in [-0.25, -0.2) is 0 Å². The molecule has 8 unspecified atom stereocenters. The summed E-state index contributed by atoms with van der Waals surface area (Å²) < 4.78 is 0. The van der Waals surface area contributed by atoms with E-state index in [1.165, 1.54) is 164 Å². The molecule has 8 aliphatic rings. The fourth-order valence-corrected chi connectivity index (χ4v) is 11.5. The van der Waals surface area contributed by atoms with Crippen molar-refractivity contribution in [2.75, 3.05) is 0 Å². The van der Waals surface area contributed by atoms with Gasteiger partial charge in [0, 0.05) is 74.5 Å². The Balaban J connectivity index is 0.781. The van der Waals surface area contributed by atoms with Crippen LogP contribution in [-0.4, -0.2) is 67.9 Å². The maximum atomic E-state index is 2.91. The molecular formula is C44H64N4. The quantitative estimate of drug-likeness (QED) is 0.264. The molecule has 0 N–H and O–H groups in total. The predicted molar refractivity (Wildman–Crippen MR) is 198 cm³/mol. The Morgan fingerprint density at radius 1 is 0.312 bits per heavy atom. The van der Waals surface area contributed by atoms with Gasteiger partial charge in [0.15, 0.2) is 0 Å². The molecule has 2 aromatic carbocycles. The van der Waals surface area contributed by atoms with E-state index >= 15 is 0 Å². The number of fused-ring (bicyclic) bond motifs is 4. The number of hydrogen-bond donors (Lipinski definition) is 0. The molecule has 0 radical (unpaired) electrons. The molecule has 2 aromatic rings. The van der Waals surface area contributed by atoms with Gasteiger partial charge in [0.2, 0.25) is 0 Å². The minimum atomic E-state index is 0.749. The predicted octanol–water partition coefficient (Wildman–Crippen LogP) is 9.44. The van der Waals surface area contributed by atoms with Crippen LogP contribution in [0.25, 0.3) is 0 Å². The zero-order chi connectivity index (χ0) is 31.9. The van der Waals surface area contributed by atoms with Gasteiger partial charge in [-0.2, -0.15) is 0 Å². The van der Waals surface area contributed by atoms with Crippen LogP contribution in [-0.2, 0) is 26.2 Å². The fourth-order valence-electron chi connectivity index (χ4n) is 11.5. The molecule has 8 fully saturated rings. The van der Waals surface area contributed by atoms with Crippen LogP contribution < -0.4 is 0 Å². The summed E-state index contributed by atoms with van der Waals surface area (Å²) in [5, 5.41) is 0. The monoisotopic (exact) mass is 649 g/mol. The van der Waals surface area contributed by atoms with Crippen molar-refractivity contribution in [3.8, 4) is 0 Å². The minimum absolute atomic E-state index is 0.749. The Morgan fingerprint density at radius 2 is 0.646 bits per heavy atom. The van der Waals surface area contributed by atoms with Gasteiger partial charge in [0.05, 0.1) is 0 Å². The highest BCUT2D eigenvalue weighted by atomic mass is 15.4. The summed E-state index contributed by atoms with van der Waals surface area (Å²) in [5.41, 5.74) is 6.12. The Labute approximate surface area is 292 Å². The van der Waals surface area contributed by atoms with E-state index in [1.807, 2.05) is 0 Å². The largest absolute Gasteiger partial charge is 0.293 e. The van der Waals surface area contributed by atoms with Crippen molar-refractivity contribution in [2.45, 2.75) is 203 Å². The summed E-state index contributed by atoms with van der Waals surface area (Å²) in [7, 11) is 0. The van der Waals surface area contributed by atoms with Crippen LogP contribution in [0.3, 0.4) is 0 Å². The smallest absolute Gasteiger partial charge is 0.0273 e. The number of nitrogens with zero attached hydrogens (tertiary/aromatic N) is 4. The molecule has 7 heterocycles. The second-order valence-electron chi connectivity index (χ2n) is 17.5. The third-order valence-electron chi connectivity index (χ3n) is 14.6. The SMILES string of the molecule is c1cc(CN2C3CCC4CC(C2C3)N4Cc2ccc(CN3C4CCCCCCCC43)cc2)ccc1CN1C2CCCCCCCCC1C2. The number of hydrogen-bond acceptors (Lipinski definition) is 4. The second kappa shape index (κ2) is 14.5. The van der Waals surface area contributed by atoms with Gasteiger partial charge in [0.25, 0.3) is 0 Å². The van der Waals surface area contributed by atoms with Crippen LogP contribution in [0.15, 0.2) is 48.5 Å². The molecular weight excluding hydrogens is 585 g/mol. The van der Waals surface area contributed by atoms with E-state index in [4.69, 9.17) is 0 Å². The Hall–Kier alpha value is -1.72. The maximum absolute atomic E-state index is 2.91. The summed E-state index contributed by atoms with van der Waals surface area (Å²) in [4.78, 5) is 11.5. The molecule has 1 saturated carbocycles. The van der Waals surface area contributed by atoms with Gasteiger partial charge in [0.1, 0.15) is 0 Å². The lowest BCUT2D eigenvalue weighted by atomic mass is 9.71. The molecule has 0 aromatic heterocycles. The molecule has 1 aliphatic carbocycles. The van der Waals surface area contributed by atoms with Crippen LogP contribution in [0.1, 0.15) is 151 Å². The van der Waals surface area contributed by atoms with Crippen molar-refractivity contribution in [1.82, 2.24) is 19.6 Å². The van der Waals surface area contributed by atoms with E-state index in [-0.39, 0.29) is 0 Å². The molecule has 0 amide bonds. The summed E-state index contributed by atoms with van der Waals surface area (Å²) in [6.45, 7) is 4.63. The van der Waals surface area contributed by atoms with Crippen molar-refractivity contribution in [2.24, 2.45) is 0 Å². The summed E-state index contributed by atoms with van der Waals surface area (Å²) in [6, 6.07) is 26.3. The highest BCUT2D eigenvalue weighted by Gasteiger charge is 2.53. The fraction of sp³-hybridized carbons (Fsp3) is 0.727. The average Bonchev–Trinajstić information content (AvgIpc) is 3.72. The maximum Gasteiger partial charge on any atom is 0.0273 e. The van der Waals surface area contributed by atoms with Crippen molar-refractivity contribution in [3.05, 3.63) is 70.8 Å². The van der Waals surface area contributed by atoms with Gasteiger partial charge in [-0.05, 0) is 80.0 Å². The molecule has 6 bridgehead atoms.